The molecule has 0 bridgehead atoms. The molecule has 0 amide bonds. The van der Waals surface area contributed by atoms with Crippen LogP contribution in [0.25, 0.3) is 0 Å². The Labute approximate surface area is 108 Å². The molecule has 0 aliphatic rings. The molecular weight excluding hydrogens is 226 g/mol. The van der Waals surface area contributed by atoms with Gasteiger partial charge < -0.3 is 9.30 Å². The van der Waals surface area contributed by atoms with Crippen LogP contribution in [0.3, 0.4) is 0 Å². The van der Waals surface area contributed by atoms with Crippen molar-refractivity contribution in [2.24, 2.45) is 0 Å². The minimum atomic E-state index is 0.896. The topological polar surface area (TPSA) is 39.9 Å². The van der Waals surface area contributed by atoms with Gasteiger partial charge in [0.05, 0.1) is 7.11 Å². The lowest BCUT2D eigenvalue weighted by Gasteiger charge is -2.05. The first-order valence-electron chi connectivity index (χ1n) is 6.33. The maximum absolute atomic E-state index is 5.14. The first-order chi connectivity index (χ1) is 8.83. The Morgan fingerprint density at radius 1 is 1.17 bits per heavy atom. The summed E-state index contributed by atoms with van der Waals surface area (Å²) in [5, 5.41) is 8.15. The van der Waals surface area contributed by atoms with E-state index in [1.54, 1.807) is 7.11 Å². The molecule has 2 aromatic rings. The summed E-state index contributed by atoms with van der Waals surface area (Å²) in [6.45, 7) is 3.15. The van der Waals surface area contributed by atoms with Gasteiger partial charge in [0.2, 0.25) is 0 Å². The van der Waals surface area contributed by atoms with E-state index in [-0.39, 0.29) is 0 Å². The Morgan fingerprint density at radius 2 is 1.94 bits per heavy atom. The molecule has 0 saturated heterocycles. The third-order valence-electron chi connectivity index (χ3n) is 2.96. The summed E-state index contributed by atoms with van der Waals surface area (Å²) in [5.41, 5.74) is 1.29. The Balaban J connectivity index is 1.95. The van der Waals surface area contributed by atoms with Gasteiger partial charge in [0.1, 0.15) is 17.9 Å². The Bertz CT molecular complexity index is 476. The zero-order valence-electron chi connectivity index (χ0n) is 11.0. The normalized spacial score (nSPS) is 10.6. The monoisotopic (exact) mass is 245 g/mol. The molecule has 0 N–H and O–H groups in total. The zero-order chi connectivity index (χ0) is 12.8. The van der Waals surface area contributed by atoms with Gasteiger partial charge in [-0.1, -0.05) is 19.1 Å². The molecule has 0 aliphatic heterocycles. The summed E-state index contributed by atoms with van der Waals surface area (Å²) in [6, 6.07) is 8.18. The maximum atomic E-state index is 5.14. The van der Waals surface area contributed by atoms with Gasteiger partial charge in [-0.3, -0.25) is 0 Å². The number of benzene rings is 1. The van der Waals surface area contributed by atoms with Gasteiger partial charge in [-0.05, 0) is 30.5 Å². The molecule has 1 heterocycles. The van der Waals surface area contributed by atoms with Gasteiger partial charge in [-0.15, -0.1) is 10.2 Å². The summed E-state index contributed by atoms with van der Waals surface area (Å²) < 4.78 is 7.27. The molecule has 0 radical (unpaired) electrons. The number of nitrogens with zero attached hydrogens (tertiary/aromatic N) is 3. The minimum Gasteiger partial charge on any atom is -0.497 e. The molecule has 2 rings (SSSR count). The van der Waals surface area contributed by atoms with Crippen LogP contribution in [-0.4, -0.2) is 21.9 Å². The van der Waals surface area contributed by atoms with Crippen molar-refractivity contribution in [1.29, 1.82) is 0 Å². The molecule has 0 fully saturated rings. The van der Waals surface area contributed by atoms with Gasteiger partial charge >= 0.3 is 0 Å². The van der Waals surface area contributed by atoms with E-state index in [9.17, 15) is 0 Å². The van der Waals surface area contributed by atoms with Crippen LogP contribution in [0.1, 0.15) is 24.7 Å². The van der Waals surface area contributed by atoms with E-state index in [1.807, 2.05) is 18.5 Å². The number of aromatic nitrogens is 3. The quantitative estimate of drug-likeness (QED) is 0.785. The van der Waals surface area contributed by atoms with Crippen LogP contribution in [0, 0.1) is 0 Å². The summed E-state index contributed by atoms with van der Waals surface area (Å²) >= 11 is 0. The molecule has 18 heavy (non-hydrogen) atoms. The Kier molecular flexibility index (Phi) is 4.34. The second-order valence-electron chi connectivity index (χ2n) is 4.29. The summed E-state index contributed by atoms with van der Waals surface area (Å²) in [4.78, 5) is 0. The van der Waals surface area contributed by atoms with E-state index in [0.29, 0.717) is 0 Å². The molecular formula is C14H19N3O. The highest BCUT2D eigenvalue weighted by molar-refractivity contribution is 5.27. The summed E-state index contributed by atoms with van der Waals surface area (Å²) in [6.07, 6.45) is 4.82. The second-order valence-corrected chi connectivity index (χ2v) is 4.29. The van der Waals surface area contributed by atoms with Crippen LogP contribution in [0.4, 0.5) is 0 Å². The van der Waals surface area contributed by atoms with Crippen LogP contribution in [0.15, 0.2) is 30.6 Å². The summed E-state index contributed by atoms with van der Waals surface area (Å²) in [5.74, 6) is 1.96. The van der Waals surface area contributed by atoms with E-state index in [0.717, 1.165) is 37.4 Å². The van der Waals surface area contributed by atoms with E-state index in [4.69, 9.17) is 4.74 Å². The molecule has 0 spiro atoms. The number of methoxy groups -OCH3 is 1. The zero-order valence-corrected chi connectivity index (χ0v) is 11.0. The van der Waals surface area contributed by atoms with Crippen molar-refractivity contribution in [3.63, 3.8) is 0 Å². The predicted molar refractivity (Wildman–Crippen MR) is 70.7 cm³/mol. The lowest BCUT2D eigenvalue weighted by atomic mass is 10.1. The van der Waals surface area contributed by atoms with Crippen molar-refractivity contribution in [3.8, 4) is 5.75 Å². The van der Waals surface area contributed by atoms with E-state index < -0.39 is 0 Å². The van der Waals surface area contributed by atoms with Gasteiger partial charge in [-0.25, -0.2) is 0 Å². The fourth-order valence-electron chi connectivity index (χ4n) is 1.95. The maximum Gasteiger partial charge on any atom is 0.133 e. The van der Waals surface area contributed by atoms with Crippen LogP contribution < -0.4 is 4.74 Å². The van der Waals surface area contributed by atoms with Crippen molar-refractivity contribution in [1.82, 2.24) is 14.8 Å². The molecule has 0 atom stereocenters. The van der Waals surface area contributed by atoms with Crippen LogP contribution >= 0.6 is 0 Å². The average molecular weight is 245 g/mol. The van der Waals surface area contributed by atoms with E-state index in [1.165, 1.54) is 5.56 Å². The molecule has 4 nitrogen and oxygen atoms in total. The number of ether oxygens (including phenoxy) is 1. The Morgan fingerprint density at radius 3 is 2.61 bits per heavy atom. The fraction of sp³-hybridized carbons (Fsp3) is 0.429. The first kappa shape index (κ1) is 12.6. The highest BCUT2D eigenvalue weighted by Gasteiger charge is 2.04. The Hall–Kier alpha value is -1.84. The lowest BCUT2D eigenvalue weighted by molar-refractivity contribution is 0.414. The van der Waals surface area contributed by atoms with Crippen molar-refractivity contribution < 1.29 is 4.74 Å². The first-order valence-corrected chi connectivity index (χ1v) is 6.33. The largest absolute Gasteiger partial charge is 0.497 e. The van der Waals surface area contributed by atoms with Crippen LogP contribution in [-0.2, 0) is 19.4 Å². The molecule has 0 unspecified atom stereocenters. The smallest absolute Gasteiger partial charge is 0.133 e. The lowest BCUT2D eigenvalue weighted by Crippen LogP contribution is -2.04. The minimum absolute atomic E-state index is 0.896. The predicted octanol–water partition coefficient (Wildman–Crippen LogP) is 2.48. The number of rotatable bonds is 6. The SMILES string of the molecule is CCCn1cnnc1CCc1ccc(OC)cc1. The molecule has 4 heteroatoms. The van der Waals surface area contributed by atoms with E-state index >= 15 is 0 Å². The molecule has 0 aliphatic carbocycles. The highest BCUT2D eigenvalue weighted by atomic mass is 16.5. The second kappa shape index (κ2) is 6.19. The van der Waals surface area contributed by atoms with Crippen LogP contribution in [0.2, 0.25) is 0 Å². The van der Waals surface area contributed by atoms with Gasteiger partial charge in [0.25, 0.3) is 0 Å². The van der Waals surface area contributed by atoms with Crippen molar-refractivity contribution >= 4 is 0 Å². The molecule has 96 valence electrons. The molecule has 1 aromatic heterocycles. The van der Waals surface area contributed by atoms with Gasteiger partial charge in [-0.2, -0.15) is 0 Å². The highest BCUT2D eigenvalue weighted by Crippen LogP contribution is 2.13. The molecule has 0 saturated carbocycles. The standard InChI is InChI=1S/C14H19N3O/c1-3-10-17-11-15-16-14(17)9-6-12-4-7-13(18-2)8-5-12/h4-5,7-8,11H,3,6,9-10H2,1-2H3. The fourth-order valence-corrected chi connectivity index (χ4v) is 1.95. The number of hydrogen-bond donors (Lipinski definition) is 0. The van der Waals surface area contributed by atoms with E-state index in [2.05, 4.69) is 33.8 Å². The molecule has 1 aromatic carbocycles. The third kappa shape index (κ3) is 3.09. The van der Waals surface area contributed by atoms with Crippen molar-refractivity contribution in [2.75, 3.05) is 7.11 Å². The average Bonchev–Trinajstić information content (AvgIpc) is 2.85. The summed E-state index contributed by atoms with van der Waals surface area (Å²) in [7, 11) is 1.68. The van der Waals surface area contributed by atoms with Crippen molar-refractivity contribution in [3.05, 3.63) is 42.0 Å². The number of aryl methyl sites for hydroxylation is 3. The van der Waals surface area contributed by atoms with Gasteiger partial charge in [0, 0.05) is 13.0 Å². The third-order valence-corrected chi connectivity index (χ3v) is 2.96. The number of hydrogen-bond acceptors (Lipinski definition) is 3. The van der Waals surface area contributed by atoms with Crippen LogP contribution in [0.5, 0.6) is 5.75 Å². The van der Waals surface area contributed by atoms with Gasteiger partial charge in [0.15, 0.2) is 0 Å². The van der Waals surface area contributed by atoms with Crippen molar-refractivity contribution in [2.45, 2.75) is 32.7 Å².